The third-order valence-electron chi connectivity index (χ3n) is 1.42. The van der Waals surface area contributed by atoms with Crippen LogP contribution >= 0.6 is 0 Å². The molecule has 0 bridgehead atoms. The van der Waals surface area contributed by atoms with Gasteiger partial charge in [0.15, 0.2) is 0 Å². The van der Waals surface area contributed by atoms with Gasteiger partial charge in [-0.1, -0.05) is 19.6 Å². The SMILES string of the molecule is CCOC(=O)C(N)C[Si](C)(C)C. The zero-order chi connectivity index (χ0) is 9.78. The Kier molecular flexibility index (Phi) is 4.48. The highest BCUT2D eigenvalue weighted by Gasteiger charge is 2.23. The minimum absolute atomic E-state index is 0.264. The standard InChI is InChI=1S/C8H19NO2Si/c1-5-11-8(10)7(9)6-12(2,3)4/h7H,5-6,9H2,1-4H3. The van der Waals surface area contributed by atoms with E-state index in [1.807, 2.05) is 0 Å². The molecule has 0 saturated carbocycles. The van der Waals surface area contributed by atoms with Gasteiger partial charge in [0, 0.05) is 8.07 Å². The molecule has 0 rings (SSSR count). The van der Waals surface area contributed by atoms with E-state index < -0.39 is 14.1 Å². The molecule has 0 aliphatic carbocycles. The van der Waals surface area contributed by atoms with Crippen LogP contribution in [0.4, 0.5) is 0 Å². The van der Waals surface area contributed by atoms with Crippen LogP contribution in [0.2, 0.25) is 25.7 Å². The van der Waals surface area contributed by atoms with Gasteiger partial charge >= 0.3 is 5.97 Å². The molecule has 1 atom stereocenters. The highest BCUT2D eigenvalue weighted by Crippen LogP contribution is 2.10. The fourth-order valence-corrected chi connectivity index (χ4v) is 2.48. The van der Waals surface area contributed by atoms with Gasteiger partial charge in [-0.15, -0.1) is 0 Å². The Labute approximate surface area is 75.3 Å². The minimum atomic E-state index is -1.24. The molecule has 3 nitrogen and oxygen atoms in total. The molecule has 0 aliphatic heterocycles. The molecule has 0 fully saturated rings. The summed E-state index contributed by atoms with van der Waals surface area (Å²) in [6.45, 7) is 8.77. The third kappa shape index (κ3) is 5.32. The first kappa shape index (κ1) is 11.6. The summed E-state index contributed by atoms with van der Waals surface area (Å²) >= 11 is 0. The van der Waals surface area contributed by atoms with E-state index in [0.29, 0.717) is 6.61 Å². The van der Waals surface area contributed by atoms with Crippen LogP contribution in [0.5, 0.6) is 0 Å². The number of nitrogens with two attached hydrogens (primary N) is 1. The first-order chi connectivity index (χ1) is 5.37. The summed E-state index contributed by atoms with van der Waals surface area (Å²) in [6, 6.07) is 0.378. The average molecular weight is 189 g/mol. The smallest absolute Gasteiger partial charge is 0.322 e. The normalized spacial score (nSPS) is 14.1. The third-order valence-corrected chi connectivity index (χ3v) is 3.09. The molecule has 0 saturated heterocycles. The maximum atomic E-state index is 11.1. The van der Waals surface area contributed by atoms with E-state index in [2.05, 4.69) is 19.6 Å². The van der Waals surface area contributed by atoms with Crippen LogP contribution in [-0.2, 0) is 9.53 Å². The fourth-order valence-electron chi connectivity index (χ4n) is 0.992. The van der Waals surface area contributed by atoms with Gasteiger partial charge in [0.1, 0.15) is 6.04 Å². The number of hydrogen-bond donors (Lipinski definition) is 1. The monoisotopic (exact) mass is 189 g/mol. The molecule has 0 spiro atoms. The summed E-state index contributed by atoms with van der Waals surface area (Å²) in [5, 5.41) is 0. The van der Waals surface area contributed by atoms with Crippen molar-refractivity contribution in [1.29, 1.82) is 0 Å². The maximum absolute atomic E-state index is 11.1. The fraction of sp³-hybridized carbons (Fsp3) is 0.875. The van der Waals surface area contributed by atoms with Gasteiger partial charge in [-0.2, -0.15) is 0 Å². The lowest BCUT2D eigenvalue weighted by Gasteiger charge is -2.19. The van der Waals surface area contributed by atoms with E-state index in [1.165, 1.54) is 0 Å². The van der Waals surface area contributed by atoms with Crippen LogP contribution in [0.25, 0.3) is 0 Å². The molecule has 0 amide bonds. The molecular formula is C8H19NO2Si. The topological polar surface area (TPSA) is 52.3 Å². The second-order valence-corrected chi connectivity index (χ2v) is 9.65. The van der Waals surface area contributed by atoms with Crippen molar-refractivity contribution in [2.45, 2.75) is 38.7 Å². The van der Waals surface area contributed by atoms with Crippen LogP contribution in [0, 0.1) is 0 Å². The van der Waals surface area contributed by atoms with E-state index in [0.717, 1.165) is 6.04 Å². The van der Waals surface area contributed by atoms with E-state index in [-0.39, 0.29) is 5.97 Å². The number of carbonyl (C=O) groups excluding carboxylic acids is 1. The molecule has 0 aliphatic rings. The van der Waals surface area contributed by atoms with Crippen LogP contribution in [-0.4, -0.2) is 26.7 Å². The Bertz CT molecular complexity index is 154. The highest BCUT2D eigenvalue weighted by atomic mass is 28.3. The summed E-state index contributed by atoms with van der Waals surface area (Å²) in [5.74, 6) is -0.264. The summed E-state index contributed by atoms with van der Waals surface area (Å²) in [4.78, 5) is 11.1. The molecule has 2 N–H and O–H groups in total. The van der Waals surface area contributed by atoms with Crippen molar-refractivity contribution >= 4 is 14.0 Å². The van der Waals surface area contributed by atoms with Gasteiger partial charge in [-0.25, -0.2) is 0 Å². The molecule has 1 unspecified atom stereocenters. The van der Waals surface area contributed by atoms with Gasteiger partial charge < -0.3 is 10.5 Å². The van der Waals surface area contributed by atoms with E-state index in [4.69, 9.17) is 10.5 Å². The van der Waals surface area contributed by atoms with Crippen LogP contribution in [0.1, 0.15) is 6.92 Å². The number of carbonyl (C=O) groups is 1. The zero-order valence-electron chi connectivity index (χ0n) is 8.39. The second kappa shape index (κ2) is 4.62. The lowest BCUT2D eigenvalue weighted by molar-refractivity contribution is -0.144. The van der Waals surface area contributed by atoms with Crippen molar-refractivity contribution < 1.29 is 9.53 Å². The van der Waals surface area contributed by atoms with Gasteiger partial charge in [0.25, 0.3) is 0 Å². The van der Waals surface area contributed by atoms with Crippen molar-refractivity contribution in [1.82, 2.24) is 0 Å². The van der Waals surface area contributed by atoms with Crippen molar-refractivity contribution in [3.8, 4) is 0 Å². The first-order valence-corrected chi connectivity index (χ1v) is 7.99. The molecule has 0 aromatic rings. The average Bonchev–Trinajstić information content (AvgIpc) is 1.84. The Hall–Kier alpha value is -0.353. The van der Waals surface area contributed by atoms with Gasteiger partial charge in [0.05, 0.1) is 6.61 Å². The number of hydrogen-bond acceptors (Lipinski definition) is 3. The lowest BCUT2D eigenvalue weighted by atomic mass is 10.4. The maximum Gasteiger partial charge on any atom is 0.322 e. The molecule has 72 valence electrons. The zero-order valence-corrected chi connectivity index (χ0v) is 9.39. The predicted octanol–water partition coefficient (Wildman–Crippen LogP) is 1.21. The van der Waals surface area contributed by atoms with Crippen molar-refractivity contribution in [3.63, 3.8) is 0 Å². The number of rotatable bonds is 4. The van der Waals surface area contributed by atoms with E-state index in [1.54, 1.807) is 6.92 Å². The molecule has 0 aromatic carbocycles. The Morgan fingerprint density at radius 2 is 2.00 bits per heavy atom. The molecule has 0 radical (unpaired) electrons. The molecule has 0 aromatic heterocycles. The minimum Gasteiger partial charge on any atom is -0.465 e. The van der Waals surface area contributed by atoms with Gasteiger partial charge in [-0.3, -0.25) is 4.79 Å². The predicted molar refractivity (Wildman–Crippen MR) is 52.8 cm³/mol. The largest absolute Gasteiger partial charge is 0.465 e. The molecule has 0 heterocycles. The number of esters is 1. The van der Waals surface area contributed by atoms with Crippen LogP contribution in [0.3, 0.4) is 0 Å². The van der Waals surface area contributed by atoms with Crippen molar-refractivity contribution in [2.24, 2.45) is 5.73 Å². The summed E-state index contributed by atoms with van der Waals surface area (Å²) in [5.41, 5.74) is 5.65. The second-order valence-electron chi connectivity index (χ2n) is 4.12. The van der Waals surface area contributed by atoms with E-state index in [9.17, 15) is 4.79 Å². The summed E-state index contributed by atoms with van der Waals surface area (Å²) in [6.07, 6.45) is 0. The Balaban J connectivity index is 3.87. The quantitative estimate of drug-likeness (QED) is 0.534. The number of ether oxygens (including phenoxy) is 1. The highest BCUT2D eigenvalue weighted by molar-refractivity contribution is 6.76. The molecule has 4 heteroatoms. The van der Waals surface area contributed by atoms with Crippen molar-refractivity contribution in [2.75, 3.05) is 6.61 Å². The molecular weight excluding hydrogens is 170 g/mol. The van der Waals surface area contributed by atoms with Crippen LogP contribution < -0.4 is 5.73 Å². The van der Waals surface area contributed by atoms with Crippen LogP contribution in [0.15, 0.2) is 0 Å². The van der Waals surface area contributed by atoms with Gasteiger partial charge in [-0.05, 0) is 13.0 Å². The summed E-state index contributed by atoms with van der Waals surface area (Å²) < 4.78 is 4.81. The molecule has 12 heavy (non-hydrogen) atoms. The Morgan fingerprint density at radius 1 is 1.50 bits per heavy atom. The van der Waals surface area contributed by atoms with Gasteiger partial charge in [0.2, 0.25) is 0 Å². The van der Waals surface area contributed by atoms with E-state index >= 15 is 0 Å². The lowest BCUT2D eigenvalue weighted by Crippen LogP contribution is -2.39. The Morgan fingerprint density at radius 3 is 2.33 bits per heavy atom. The van der Waals surface area contributed by atoms with Crippen molar-refractivity contribution in [3.05, 3.63) is 0 Å². The first-order valence-electron chi connectivity index (χ1n) is 4.29. The summed E-state index contributed by atoms with van der Waals surface area (Å²) in [7, 11) is -1.24.